The number of halogens is 1. The first kappa shape index (κ1) is 16.4. The standard InChI is InChI=1S/C17H14ClN3O2S/c1-11-2-4-12(5-3-11)16(22)19-17-21-20-15(24-17)10-23-14-8-6-13(18)7-9-14/h2-9H,10H2,1H3,(H,19,21,22). The Hall–Kier alpha value is -2.44. The van der Waals surface area contributed by atoms with Crippen LogP contribution in [0.2, 0.25) is 5.02 Å². The van der Waals surface area contributed by atoms with Gasteiger partial charge in [0.05, 0.1) is 0 Å². The second-order valence-electron chi connectivity index (χ2n) is 5.06. The van der Waals surface area contributed by atoms with Crippen molar-refractivity contribution in [1.82, 2.24) is 10.2 Å². The molecule has 24 heavy (non-hydrogen) atoms. The van der Waals surface area contributed by atoms with Crippen molar-refractivity contribution >= 4 is 34.0 Å². The molecular formula is C17H14ClN3O2S. The largest absolute Gasteiger partial charge is 0.486 e. The molecule has 0 aliphatic heterocycles. The molecule has 0 aliphatic rings. The molecule has 122 valence electrons. The van der Waals surface area contributed by atoms with E-state index in [1.807, 2.05) is 19.1 Å². The zero-order chi connectivity index (χ0) is 16.9. The van der Waals surface area contributed by atoms with E-state index in [0.29, 0.717) is 26.5 Å². The molecule has 3 aromatic rings. The molecule has 1 amide bonds. The second-order valence-corrected chi connectivity index (χ2v) is 6.56. The number of anilines is 1. The highest BCUT2D eigenvalue weighted by molar-refractivity contribution is 7.15. The third-order valence-electron chi connectivity index (χ3n) is 3.18. The van der Waals surface area contributed by atoms with Crippen molar-refractivity contribution in [2.45, 2.75) is 13.5 Å². The summed E-state index contributed by atoms with van der Waals surface area (Å²) in [5.41, 5.74) is 1.68. The molecular weight excluding hydrogens is 346 g/mol. The fraction of sp³-hybridized carbons (Fsp3) is 0.118. The molecule has 1 aromatic heterocycles. The van der Waals surface area contributed by atoms with E-state index in [1.54, 1.807) is 36.4 Å². The van der Waals surface area contributed by atoms with Gasteiger partial charge in [0.1, 0.15) is 12.4 Å². The Labute approximate surface area is 148 Å². The minimum absolute atomic E-state index is 0.212. The Morgan fingerprint density at radius 3 is 2.54 bits per heavy atom. The summed E-state index contributed by atoms with van der Waals surface area (Å²) in [5.74, 6) is 0.483. The molecule has 0 aliphatic carbocycles. The summed E-state index contributed by atoms with van der Waals surface area (Å²) in [7, 11) is 0. The molecule has 0 saturated heterocycles. The maximum absolute atomic E-state index is 12.1. The number of rotatable bonds is 5. The molecule has 5 nitrogen and oxygen atoms in total. The quantitative estimate of drug-likeness (QED) is 0.736. The lowest BCUT2D eigenvalue weighted by molar-refractivity contribution is 0.102. The van der Waals surface area contributed by atoms with Gasteiger partial charge in [0.25, 0.3) is 5.91 Å². The SMILES string of the molecule is Cc1ccc(C(=O)Nc2nnc(COc3ccc(Cl)cc3)s2)cc1. The molecule has 0 radical (unpaired) electrons. The normalized spacial score (nSPS) is 10.4. The molecule has 0 atom stereocenters. The van der Waals surface area contributed by atoms with E-state index >= 15 is 0 Å². The lowest BCUT2D eigenvalue weighted by Gasteiger charge is -2.03. The number of nitrogens with zero attached hydrogens (tertiary/aromatic N) is 2. The first-order chi connectivity index (χ1) is 11.6. The zero-order valence-corrected chi connectivity index (χ0v) is 14.4. The number of carbonyl (C=O) groups is 1. The second kappa shape index (κ2) is 7.42. The first-order valence-electron chi connectivity index (χ1n) is 7.19. The number of aryl methyl sites for hydroxylation is 1. The fourth-order valence-electron chi connectivity index (χ4n) is 1.91. The van der Waals surface area contributed by atoms with Crippen LogP contribution < -0.4 is 10.1 Å². The molecule has 2 aromatic carbocycles. The van der Waals surface area contributed by atoms with Gasteiger partial charge in [0.15, 0.2) is 5.01 Å². The van der Waals surface area contributed by atoms with Gasteiger partial charge in [0, 0.05) is 10.6 Å². The van der Waals surface area contributed by atoms with Crippen molar-refractivity contribution in [3.05, 3.63) is 69.7 Å². The first-order valence-corrected chi connectivity index (χ1v) is 8.38. The van der Waals surface area contributed by atoms with Crippen molar-refractivity contribution in [1.29, 1.82) is 0 Å². The Balaban J connectivity index is 1.58. The number of ether oxygens (including phenoxy) is 1. The third kappa shape index (κ3) is 4.31. The predicted molar refractivity (Wildman–Crippen MR) is 94.8 cm³/mol. The van der Waals surface area contributed by atoms with Crippen molar-refractivity contribution in [2.24, 2.45) is 0 Å². The third-order valence-corrected chi connectivity index (χ3v) is 4.24. The molecule has 0 spiro atoms. The van der Waals surface area contributed by atoms with E-state index in [-0.39, 0.29) is 12.5 Å². The van der Waals surface area contributed by atoms with Gasteiger partial charge in [-0.3, -0.25) is 10.1 Å². The molecule has 0 unspecified atom stereocenters. The average molecular weight is 360 g/mol. The monoisotopic (exact) mass is 359 g/mol. The van der Waals surface area contributed by atoms with Crippen molar-refractivity contribution in [3.8, 4) is 5.75 Å². The van der Waals surface area contributed by atoms with E-state index in [4.69, 9.17) is 16.3 Å². The summed E-state index contributed by atoms with van der Waals surface area (Å²) in [4.78, 5) is 12.1. The van der Waals surface area contributed by atoms with Crippen molar-refractivity contribution in [2.75, 3.05) is 5.32 Å². The van der Waals surface area contributed by atoms with Gasteiger partial charge in [-0.15, -0.1) is 10.2 Å². The van der Waals surface area contributed by atoms with Gasteiger partial charge in [0.2, 0.25) is 5.13 Å². The summed E-state index contributed by atoms with van der Waals surface area (Å²) in [6.45, 7) is 2.25. The number of amides is 1. The molecule has 1 heterocycles. The van der Waals surface area contributed by atoms with E-state index < -0.39 is 0 Å². The highest BCUT2D eigenvalue weighted by Gasteiger charge is 2.10. The lowest BCUT2D eigenvalue weighted by atomic mass is 10.1. The van der Waals surface area contributed by atoms with Crippen LogP contribution in [0, 0.1) is 6.92 Å². The van der Waals surface area contributed by atoms with Crippen molar-refractivity contribution < 1.29 is 9.53 Å². The predicted octanol–water partition coefficient (Wildman–Crippen LogP) is 4.33. The molecule has 0 saturated carbocycles. The maximum atomic E-state index is 12.1. The number of nitrogens with one attached hydrogen (secondary N) is 1. The summed E-state index contributed by atoms with van der Waals surface area (Å²) >= 11 is 7.10. The Morgan fingerprint density at radius 2 is 1.83 bits per heavy atom. The van der Waals surface area contributed by atoms with Gasteiger partial charge in [-0.2, -0.15) is 0 Å². The van der Waals surface area contributed by atoms with Gasteiger partial charge < -0.3 is 4.74 Å². The highest BCUT2D eigenvalue weighted by Crippen LogP contribution is 2.20. The summed E-state index contributed by atoms with van der Waals surface area (Å²) < 4.78 is 5.60. The number of carbonyl (C=O) groups excluding carboxylic acids is 1. The lowest BCUT2D eigenvalue weighted by Crippen LogP contribution is -2.11. The van der Waals surface area contributed by atoms with E-state index in [2.05, 4.69) is 15.5 Å². The molecule has 7 heteroatoms. The Kier molecular flexibility index (Phi) is 5.08. The van der Waals surface area contributed by atoms with Crippen LogP contribution in [-0.4, -0.2) is 16.1 Å². The van der Waals surface area contributed by atoms with Gasteiger partial charge in [-0.25, -0.2) is 0 Å². The molecule has 3 rings (SSSR count). The number of benzene rings is 2. The van der Waals surface area contributed by atoms with Crippen LogP contribution in [0.15, 0.2) is 48.5 Å². The smallest absolute Gasteiger partial charge is 0.257 e. The van der Waals surface area contributed by atoms with Gasteiger partial charge in [-0.05, 0) is 43.3 Å². The molecule has 1 N–H and O–H groups in total. The number of hydrogen-bond acceptors (Lipinski definition) is 5. The van der Waals surface area contributed by atoms with Crippen LogP contribution in [0.5, 0.6) is 5.75 Å². The molecule has 0 fully saturated rings. The van der Waals surface area contributed by atoms with Crippen LogP contribution in [0.25, 0.3) is 0 Å². The number of hydrogen-bond donors (Lipinski definition) is 1. The van der Waals surface area contributed by atoms with Crippen LogP contribution in [0.3, 0.4) is 0 Å². The summed E-state index contributed by atoms with van der Waals surface area (Å²) in [6.07, 6.45) is 0. The Bertz CT molecular complexity index is 832. The summed E-state index contributed by atoms with van der Waals surface area (Å²) in [6, 6.07) is 14.4. The van der Waals surface area contributed by atoms with E-state index in [1.165, 1.54) is 11.3 Å². The minimum Gasteiger partial charge on any atom is -0.486 e. The fourth-order valence-corrected chi connectivity index (χ4v) is 2.69. The minimum atomic E-state index is -0.212. The zero-order valence-electron chi connectivity index (χ0n) is 12.8. The van der Waals surface area contributed by atoms with Crippen LogP contribution in [0.1, 0.15) is 20.9 Å². The Morgan fingerprint density at radius 1 is 1.12 bits per heavy atom. The van der Waals surface area contributed by atoms with Gasteiger partial charge >= 0.3 is 0 Å². The molecule has 0 bridgehead atoms. The van der Waals surface area contributed by atoms with Crippen LogP contribution >= 0.6 is 22.9 Å². The number of aromatic nitrogens is 2. The highest BCUT2D eigenvalue weighted by atomic mass is 35.5. The average Bonchev–Trinajstić information content (AvgIpc) is 3.02. The topological polar surface area (TPSA) is 64.1 Å². The van der Waals surface area contributed by atoms with Gasteiger partial charge in [-0.1, -0.05) is 40.6 Å². The van der Waals surface area contributed by atoms with E-state index in [0.717, 1.165) is 5.56 Å². The maximum Gasteiger partial charge on any atom is 0.257 e. The van der Waals surface area contributed by atoms with Crippen LogP contribution in [-0.2, 0) is 6.61 Å². The summed E-state index contributed by atoms with van der Waals surface area (Å²) in [5, 5.41) is 12.5. The van der Waals surface area contributed by atoms with Crippen molar-refractivity contribution in [3.63, 3.8) is 0 Å². The van der Waals surface area contributed by atoms with Crippen LogP contribution in [0.4, 0.5) is 5.13 Å². The van der Waals surface area contributed by atoms with E-state index in [9.17, 15) is 4.79 Å².